The van der Waals surface area contributed by atoms with Gasteiger partial charge in [0, 0.05) is 23.7 Å². The molecule has 1 N–H and O–H groups in total. The predicted octanol–water partition coefficient (Wildman–Crippen LogP) is 4.29. The molecule has 6 heteroatoms. The Balaban J connectivity index is 1.76. The van der Waals surface area contributed by atoms with Crippen molar-refractivity contribution >= 4 is 46.4 Å². The largest absolute Gasteiger partial charge is 0.326 e. The molecule has 1 fully saturated rings. The number of hydrogen-bond donors (Lipinski definition) is 1. The number of aryl methyl sites for hydroxylation is 1. The first kappa shape index (κ1) is 16.8. The molecule has 0 spiro atoms. The summed E-state index contributed by atoms with van der Waals surface area (Å²) in [7, 11) is 0. The van der Waals surface area contributed by atoms with Crippen LogP contribution in [-0.4, -0.2) is 18.4 Å². The molecule has 0 aliphatic carbocycles. The lowest BCUT2D eigenvalue weighted by molar-refractivity contribution is -0.122. The van der Waals surface area contributed by atoms with Gasteiger partial charge in [0.15, 0.2) is 0 Å². The molecule has 2 aromatic carbocycles. The van der Waals surface area contributed by atoms with Crippen LogP contribution in [0.5, 0.6) is 0 Å². The first-order valence-corrected chi connectivity index (χ1v) is 8.33. The van der Waals surface area contributed by atoms with E-state index in [-0.39, 0.29) is 24.8 Å². The number of halogens is 2. The maximum atomic E-state index is 12.5. The van der Waals surface area contributed by atoms with E-state index in [1.807, 2.05) is 31.2 Å². The summed E-state index contributed by atoms with van der Waals surface area (Å²) in [5.74, 6) is -0.727. The minimum absolute atomic E-state index is 0.135. The third kappa shape index (κ3) is 3.40. The molecule has 0 saturated carbocycles. The Kier molecular flexibility index (Phi) is 4.78. The van der Waals surface area contributed by atoms with E-state index in [0.29, 0.717) is 15.7 Å². The lowest BCUT2D eigenvalue weighted by atomic mass is 10.1. The summed E-state index contributed by atoms with van der Waals surface area (Å²) < 4.78 is 0. The third-order valence-corrected chi connectivity index (χ3v) is 4.65. The van der Waals surface area contributed by atoms with Gasteiger partial charge in [-0.15, -0.1) is 0 Å². The van der Waals surface area contributed by atoms with Crippen LogP contribution in [-0.2, 0) is 9.59 Å². The summed E-state index contributed by atoms with van der Waals surface area (Å²) in [5, 5.41) is 3.83. The van der Waals surface area contributed by atoms with Crippen LogP contribution in [0.2, 0.25) is 10.0 Å². The highest BCUT2D eigenvalue weighted by molar-refractivity contribution is 6.36. The Labute approximate surface area is 150 Å². The highest BCUT2D eigenvalue weighted by atomic mass is 35.5. The standard InChI is InChI=1S/C18H16Cl2N2O2/c1-11-4-2-3-5-15(11)21-18(24)12-8-17(23)22(10-12)16-9-13(19)6-7-14(16)20/h2-7,9,12H,8,10H2,1H3,(H,21,24)/t12-/m1/s1. The first-order chi connectivity index (χ1) is 11.5. The van der Waals surface area contributed by atoms with E-state index in [4.69, 9.17) is 23.2 Å². The number of hydrogen-bond acceptors (Lipinski definition) is 2. The molecule has 2 amide bonds. The molecular formula is C18H16Cl2N2O2. The molecule has 1 saturated heterocycles. The summed E-state index contributed by atoms with van der Waals surface area (Å²) in [6.07, 6.45) is 0.153. The second-order valence-electron chi connectivity index (χ2n) is 5.81. The highest BCUT2D eigenvalue weighted by Crippen LogP contribution is 2.33. The molecule has 1 atom stereocenters. The van der Waals surface area contributed by atoms with Gasteiger partial charge < -0.3 is 10.2 Å². The van der Waals surface area contributed by atoms with Crippen molar-refractivity contribution < 1.29 is 9.59 Å². The smallest absolute Gasteiger partial charge is 0.229 e. The normalized spacial score (nSPS) is 17.2. The molecule has 0 unspecified atom stereocenters. The molecule has 0 bridgehead atoms. The highest BCUT2D eigenvalue weighted by Gasteiger charge is 2.36. The SMILES string of the molecule is Cc1ccccc1NC(=O)[C@@H]1CC(=O)N(c2cc(Cl)ccc2Cl)C1. The molecule has 1 heterocycles. The van der Waals surface area contributed by atoms with E-state index in [0.717, 1.165) is 11.3 Å². The van der Waals surface area contributed by atoms with Crippen LogP contribution >= 0.6 is 23.2 Å². The van der Waals surface area contributed by atoms with Crippen molar-refractivity contribution in [3.8, 4) is 0 Å². The van der Waals surface area contributed by atoms with Crippen molar-refractivity contribution in [2.75, 3.05) is 16.8 Å². The van der Waals surface area contributed by atoms with Crippen molar-refractivity contribution in [3.05, 3.63) is 58.1 Å². The van der Waals surface area contributed by atoms with Crippen LogP contribution in [0, 0.1) is 12.8 Å². The lowest BCUT2D eigenvalue weighted by Crippen LogP contribution is -2.28. The maximum Gasteiger partial charge on any atom is 0.229 e. The Bertz CT molecular complexity index is 807. The molecule has 0 radical (unpaired) electrons. The van der Waals surface area contributed by atoms with E-state index in [2.05, 4.69) is 5.32 Å². The van der Waals surface area contributed by atoms with E-state index in [9.17, 15) is 9.59 Å². The Morgan fingerprint density at radius 1 is 1.21 bits per heavy atom. The summed E-state index contributed by atoms with van der Waals surface area (Å²) in [6.45, 7) is 2.21. The summed E-state index contributed by atoms with van der Waals surface area (Å²) >= 11 is 12.2. The zero-order valence-corrected chi connectivity index (χ0v) is 14.6. The van der Waals surface area contributed by atoms with Crippen LogP contribution in [0.3, 0.4) is 0 Å². The van der Waals surface area contributed by atoms with Gasteiger partial charge in [-0.1, -0.05) is 41.4 Å². The molecule has 24 heavy (non-hydrogen) atoms. The number of rotatable bonds is 3. The van der Waals surface area contributed by atoms with Crippen molar-refractivity contribution in [2.45, 2.75) is 13.3 Å². The predicted molar refractivity (Wildman–Crippen MR) is 96.7 cm³/mol. The fourth-order valence-corrected chi connectivity index (χ4v) is 3.14. The van der Waals surface area contributed by atoms with E-state index in [1.165, 1.54) is 4.90 Å². The number of benzene rings is 2. The number of anilines is 2. The van der Waals surface area contributed by atoms with Gasteiger partial charge in [-0.25, -0.2) is 0 Å². The quantitative estimate of drug-likeness (QED) is 0.884. The van der Waals surface area contributed by atoms with Gasteiger partial charge in [0.2, 0.25) is 11.8 Å². The zero-order chi connectivity index (χ0) is 17.3. The fourth-order valence-electron chi connectivity index (χ4n) is 2.76. The van der Waals surface area contributed by atoms with Gasteiger partial charge in [-0.3, -0.25) is 9.59 Å². The van der Waals surface area contributed by atoms with Crippen molar-refractivity contribution in [3.63, 3.8) is 0 Å². The second kappa shape index (κ2) is 6.83. The van der Waals surface area contributed by atoms with Crippen molar-refractivity contribution in [1.82, 2.24) is 0 Å². The number of carbonyl (C=O) groups excluding carboxylic acids is 2. The molecule has 1 aliphatic rings. The average molecular weight is 363 g/mol. The van der Waals surface area contributed by atoms with Crippen molar-refractivity contribution in [1.29, 1.82) is 0 Å². The number of nitrogens with one attached hydrogen (secondary N) is 1. The van der Waals surface area contributed by atoms with E-state index >= 15 is 0 Å². The van der Waals surface area contributed by atoms with Crippen LogP contribution < -0.4 is 10.2 Å². The van der Waals surface area contributed by atoms with Gasteiger partial charge in [0.25, 0.3) is 0 Å². The minimum atomic E-state index is -0.424. The molecule has 4 nitrogen and oxygen atoms in total. The van der Waals surface area contributed by atoms with Gasteiger partial charge in [-0.05, 0) is 36.8 Å². The number of amides is 2. The maximum absolute atomic E-state index is 12.5. The average Bonchev–Trinajstić information content (AvgIpc) is 2.94. The van der Waals surface area contributed by atoms with E-state index < -0.39 is 5.92 Å². The fraction of sp³-hybridized carbons (Fsp3) is 0.222. The molecule has 3 rings (SSSR count). The monoisotopic (exact) mass is 362 g/mol. The van der Waals surface area contributed by atoms with E-state index in [1.54, 1.807) is 18.2 Å². The molecular weight excluding hydrogens is 347 g/mol. The Hall–Kier alpha value is -2.04. The topological polar surface area (TPSA) is 49.4 Å². The van der Waals surface area contributed by atoms with Gasteiger partial charge in [0.1, 0.15) is 0 Å². The number of para-hydroxylation sites is 1. The molecule has 1 aliphatic heterocycles. The summed E-state index contributed by atoms with van der Waals surface area (Å²) in [4.78, 5) is 26.3. The summed E-state index contributed by atoms with van der Waals surface area (Å²) in [6, 6.07) is 12.5. The van der Waals surface area contributed by atoms with Gasteiger partial charge in [-0.2, -0.15) is 0 Å². The number of carbonyl (C=O) groups is 2. The van der Waals surface area contributed by atoms with Gasteiger partial charge >= 0.3 is 0 Å². The zero-order valence-electron chi connectivity index (χ0n) is 13.1. The molecule has 0 aromatic heterocycles. The minimum Gasteiger partial charge on any atom is -0.326 e. The van der Waals surface area contributed by atoms with Crippen molar-refractivity contribution in [2.24, 2.45) is 5.92 Å². The summed E-state index contributed by atoms with van der Waals surface area (Å²) in [5.41, 5.74) is 2.28. The van der Waals surface area contributed by atoms with Crippen LogP contribution in [0.25, 0.3) is 0 Å². The number of nitrogens with zero attached hydrogens (tertiary/aromatic N) is 1. The second-order valence-corrected chi connectivity index (χ2v) is 6.65. The third-order valence-electron chi connectivity index (χ3n) is 4.10. The Morgan fingerprint density at radius 2 is 1.96 bits per heavy atom. The van der Waals surface area contributed by atoms with Gasteiger partial charge in [0.05, 0.1) is 16.6 Å². The van der Waals surface area contributed by atoms with Crippen LogP contribution in [0.15, 0.2) is 42.5 Å². The van der Waals surface area contributed by atoms with Crippen LogP contribution in [0.4, 0.5) is 11.4 Å². The molecule has 124 valence electrons. The van der Waals surface area contributed by atoms with Crippen LogP contribution in [0.1, 0.15) is 12.0 Å². The Morgan fingerprint density at radius 3 is 2.71 bits per heavy atom. The molecule has 2 aromatic rings. The first-order valence-electron chi connectivity index (χ1n) is 7.57. The lowest BCUT2D eigenvalue weighted by Gasteiger charge is -2.18.